The van der Waals surface area contributed by atoms with Gasteiger partial charge in [-0.1, -0.05) is 11.2 Å². The molecule has 2 N–H and O–H groups in total. The number of aromatic nitrogens is 4. The van der Waals surface area contributed by atoms with E-state index in [4.69, 9.17) is 10.3 Å². The number of nitrogens with zero attached hydrogens (tertiary/aromatic N) is 5. The topological polar surface area (TPSA) is 111 Å². The summed E-state index contributed by atoms with van der Waals surface area (Å²) in [5, 5.41) is 3.87. The van der Waals surface area contributed by atoms with Crippen molar-refractivity contribution in [2.24, 2.45) is 0 Å². The average molecular weight is 350 g/mol. The van der Waals surface area contributed by atoms with Crippen LogP contribution in [0, 0.1) is 6.92 Å². The lowest BCUT2D eigenvalue weighted by Crippen LogP contribution is -2.31. The molecular formula is C18H18N6O2. The van der Waals surface area contributed by atoms with Gasteiger partial charge in [0, 0.05) is 25.9 Å². The first-order chi connectivity index (χ1) is 12.6. The van der Waals surface area contributed by atoms with Gasteiger partial charge in [-0.05, 0) is 36.6 Å². The van der Waals surface area contributed by atoms with Crippen LogP contribution in [0.2, 0.25) is 0 Å². The summed E-state index contributed by atoms with van der Waals surface area (Å²) in [6, 6.07) is 7.16. The zero-order valence-corrected chi connectivity index (χ0v) is 14.3. The molecule has 1 aliphatic heterocycles. The van der Waals surface area contributed by atoms with Gasteiger partial charge < -0.3 is 15.2 Å². The molecule has 8 nitrogen and oxygen atoms in total. The summed E-state index contributed by atoms with van der Waals surface area (Å²) in [5.74, 6) is 0.796. The van der Waals surface area contributed by atoms with Gasteiger partial charge in [0.2, 0.25) is 11.7 Å². The molecule has 4 heterocycles. The second kappa shape index (κ2) is 6.55. The quantitative estimate of drug-likeness (QED) is 0.772. The van der Waals surface area contributed by atoms with Crippen molar-refractivity contribution < 1.29 is 9.32 Å². The highest BCUT2D eigenvalue weighted by Gasteiger charge is 2.32. The van der Waals surface area contributed by atoms with E-state index >= 15 is 0 Å². The Morgan fingerprint density at radius 1 is 1.31 bits per heavy atom. The molecule has 1 fully saturated rings. The Morgan fingerprint density at radius 2 is 2.19 bits per heavy atom. The molecule has 0 aliphatic carbocycles. The lowest BCUT2D eigenvalue weighted by molar-refractivity contribution is 0.0730. The Bertz CT molecular complexity index is 937. The maximum Gasteiger partial charge on any atom is 0.275 e. The Labute approximate surface area is 150 Å². The van der Waals surface area contributed by atoms with Crippen molar-refractivity contribution in [1.29, 1.82) is 0 Å². The van der Waals surface area contributed by atoms with Gasteiger partial charge in [0.1, 0.15) is 5.69 Å². The molecule has 1 aliphatic rings. The van der Waals surface area contributed by atoms with E-state index in [-0.39, 0.29) is 11.9 Å². The van der Waals surface area contributed by atoms with E-state index in [1.807, 2.05) is 17.0 Å². The number of likely N-dealkylation sites (tertiary alicyclic amines) is 1. The van der Waals surface area contributed by atoms with E-state index in [1.54, 1.807) is 31.5 Å². The van der Waals surface area contributed by atoms with E-state index in [0.717, 1.165) is 18.4 Å². The SMILES string of the molecule is Cc1nc(-c2ccc([C@H]3CCCN3C(=O)c3ncccc3N)cn2)no1. The number of hydrogen-bond donors (Lipinski definition) is 1. The van der Waals surface area contributed by atoms with Crippen LogP contribution in [-0.4, -0.2) is 37.5 Å². The maximum atomic E-state index is 12.9. The van der Waals surface area contributed by atoms with Gasteiger partial charge >= 0.3 is 0 Å². The Balaban J connectivity index is 1.58. The van der Waals surface area contributed by atoms with Gasteiger partial charge in [0.25, 0.3) is 5.91 Å². The van der Waals surface area contributed by atoms with Crippen molar-refractivity contribution in [3.8, 4) is 11.5 Å². The number of carbonyl (C=O) groups is 1. The predicted octanol–water partition coefficient (Wildman–Crippen LogP) is 2.39. The standard InChI is InChI=1S/C18H18N6O2/c1-11-22-17(23-26-11)14-7-6-12(10-21-14)15-5-3-9-24(15)18(25)16-13(19)4-2-8-20-16/h2,4,6-8,10,15H,3,5,9,19H2,1H3/t15-/m1/s1. The number of hydrogen-bond acceptors (Lipinski definition) is 7. The summed E-state index contributed by atoms with van der Waals surface area (Å²) in [4.78, 5) is 27.4. The first kappa shape index (κ1) is 16.2. The Hall–Kier alpha value is -3.29. The molecule has 0 radical (unpaired) electrons. The molecule has 0 unspecified atom stereocenters. The maximum absolute atomic E-state index is 12.9. The summed E-state index contributed by atoms with van der Waals surface area (Å²) < 4.78 is 4.98. The monoisotopic (exact) mass is 350 g/mol. The van der Waals surface area contributed by atoms with Crippen LogP contribution in [0.3, 0.4) is 0 Å². The van der Waals surface area contributed by atoms with Gasteiger partial charge in [-0.25, -0.2) is 4.98 Å². The lowest BCUT2D eigenvalue weighted by atomic mass is 10.1. The molecule has 8 heteroatoms. The third-order valence-electron chi connectivity index (χ3n) is 4.48. The molecule has 26 heavy (non-hydrogen) atoms. The molecule has 3 aromatic rings. The summed E-state index contributed by atoms with van der Waals surface area (Å²) in [6.45, 7) is 2.40. The minimum absolute atomic E-state index is 0.0440. The van der Waals surface area contributed by atoms with E-state index in [2.05, 4.69) is 20.1 Å². The van der Waals surface area contributed by atoms with Crippen LogP contribution in [0.5, 0.6) is 0 Å². The molecule has 1 amide bonds. The third-order valence-corrected chi connectivity index (χ3v) is 4.48. The van der Waals surface area contributed by atoms with Crippen LogP contribution in [0.25, 0.3) is 11.5 Å². The van der Waals surface area contributed by atoms with E-state index in [0.29, 0.717) is 35.3 Å². The summed E-state index contributed by atoms with van der Waals surface area (Å²) in [5.41, 5.74) is 8.21. The number of nitrogen functional groups attached to an aromatic ring is 1. The number of pyridine rings is 2. The highest BCUT2D eigenvalue weighted by molar-refractivity contribution is 5.97. The van der Waals surface area contributed by atoms with Crippen LogP contribution in [-0.2, 0) is 0 Å². The minimum Gasteiger partial charge on any atom is -0.397 e. The van der Waals surface area contributed by atoms with E-state index in [1.165, 1.54) is 0 Å². The Morgan fingerprint density at radius 3 is 2.88 bits per heavy atom. The smallest absolute Gasteiger partial charge is 0.275 e. The van der Waals surface area contributed by atoms with E-state index < -0.39 is 0 Å². The molecule has 1 saturated heterocycles. The molecular weight excluding hydrogens is 332 g/mol. The molecule has 0 saturated carbocycles. The normalized spacial score (nSPS) is 16.8. The van der Waals surface area contributed by atoms with Crippen molar-refractivity contribution >= 4 is 11.6 Å². The van der Waals surface area contributed by atoms with Crippen molar-refractivity contribution in [2.75, 3.05) is 12.3 Å². The minimum atomic E-state index is -0.150. The van der Waals surface area contributed by atoms with Crippen LogP contribution in [0.4, 0.5) is 5.69 Å². The molecule has 4 rings (SSSR count). The number of carbonyl (C=O) groups excluding carboxylic acids is 1. The zero-order valence-electron chi connectivity index (χ0n) is 14.3. The fourth-order valence-electron chi connectivity index (χ4n) is 3.23. The zero-order chi connectivity index (χ0) is 18.1. The summed E-state index contributed by atoms with van der Waals surface area (Å²) in [6.07, 6.45) is 5.15. The van der Waals surface area contributed by atoms with E-state index in [9.17, 15) is 4.79 Å². The fraction of sp³-hybridized carbons (Fsp3) is 0.278. The molecule has 1 atom stereocenters. The second-order valence-electron chi connectivity index (χ2n) is 6.21. The summed E-state index contributed by atoms with van der Waals surface area (Å²) in [7, 11) is 0. The van der Waals surface area contributed by atoms with Crippen molar-refractivity contribution in [1.82, 2.24) is 25.0 Å². The lowest BCUT2D eigenvalue weighted by Gasteiger charge is -2.25. The molecule has 0 aromatic carbocycles. The number of amides is 1. The number of anilines is 1. The van der Waals surface area contributed by atoms with Gasteiger partial charge in [0.15, 0.2) is 5.69 Å². The first-order valence-electron chi connectivity index (χ1n) is 8.41. The third kappa shape index (κ3) is 2.90. The van der Waals surface area contributed by atoms with Gasteiger partial charge in [0.05, 0.1) is 11.7 Å². The van der Waals surface area contributed by atoms with Crippen LogP contribution >= 0.6 is 0 Å². The molecule has 0 spiro atoms. The predicted molar refractivity (Wildman–Crippen MR) is 93.9 cm³/mol. The fourth-order valence-corrected chi connectivity index (χ4v) is 3.23. The van der Waals surface area contributed by atoms with Gasteiger partial charge in [-0.2, -0.15) is 4.98 Å². The highest BCUT2D eigenvalue weighted by atomic mass is 16.5. The van der Waals surface area contributed by atoms with Crippen molar-refractivity contribution in [3.63, 3.8) is 0 Å². The number of aryl methyl sites for hydroxylation is 1. The number of rotatable bonds is 3. The second-order valence-corrected chi connectivity index (χ2v) is 6.21. The van der Waals surface area contributed by atoms with Gasteiger partial charge in [-0.3, -0.25) is 9.78 Å². The average Bonchev–Trinajstić information content (AvgIpc) is 3.31. The van der Waals surface area contributed by atoms with Crippen LogP contribution < -0.4 is 5.73 Å². The molecule has 3 aromatic heterocycles. The van der Waals surface area contributed by atoms with Crippen LogP contribution in [0.1, 0.15) is 40.8 Å². The molecule has 0 bridgehead atoms. The Kier molecular flexibility index (Phi) is 4.08. The van der Waals surface area contributed by atoms with Crippen molar-refractivity contribution in [3.05, 3.63) is 53.8 Å². The summed E-state index contributed by atoms with van der Waals surface area (Å²) >= 11 is 0. The van der Waals surface area contributed by atoms with Crippen LogP contribution in [0.15, 0.2) is 41.2 Å². The first-order valence-corrected chi connectivity index (χ1v) is 8.41. The largest absolute Gasteiger partial charge is 0.397 e. The van der Waals surface area contributed by atoms with Crippen molar-refractivity contribution in [2.45, 2.75) is 25.8 Å². The van der Waals surface area contributed by atoms with Gasteiger partial charge in [-0.15, -0.1) is 0 Å². The molecule has 132 valence electrons. The highest BCUT2D eigenvalue weighted by Crippen LogP contribution is 2.33. The number of nitrogens with two attached hydrogens (primary N) is 1.